The van der Waals surface area contributed by atoms with E-state index in [0.717, 1.165) is 26.0 Å². The molecule has 21 heavy (non-hydrogen) atoms. The summed E-state index contributed by atoms with van der Waals surface area (Å²) in [5.74, 6) is 0.360. The highest BCUT2D eigenvalue weighted by Gasteiger charge is 2.38. The lowest BCUT2D eigenvalue weighted by Crippen LogP contribution is -2.54. The number of nitrogens with zero attached hydrogens (tertiary/aromatic N) is 2. The number of morpholine rings is 1. The minimum Gasteiger partial charge on any atom is -0.374 e. The highest BCUT2D eigenvalue weighted by molar-refractivity contribution is 5.27. The molecule has 0 radical (unpaired) electrons. The Morgan fingerprint density at radius 2 is 2.29 bits per heavy atom. The molecule has 0 amide bonds. The van der Waals surface area contributed by atoms with E-state index in [1.807, 2.05) is 12.3 Å². The van der Waals surface area contributed by atoms with Gasteiger partial charge in [0.2, 0.25) is 0 Å². The number of pyridine rings is 1. The van der Waals surface area contributed by atoms with Crippen LogP contribution in [0.4, 0.5) is 0 Å². The summed E-state index contributed by atoms with van der Waals surface area (Å²) >= 11 is 0. The first-order chi connectivity index (χ1) is 10.3. The molecule has 2 fully saturated rings. The first-order valence-corrected chi connectivity index (χ1v) is 8.38. The van der Waals surface area contributed by atoms with E-state index in [9.17, 15) is 0 Å². The smallest absolute Gasteiger partial charge is 0.0859 e. The Hall–Kier alpha value is -0.970. The van der Waals surface area contributed by atoms with Crippen molar-refractivity contribution in [2.24, 2.45) is 5.73 Å². The van der Waals surface area contributed by atoms with E-state index in [4.69, 9.17) is 10.5 Å². The van der Waals surface area contributed by atoms with E-state index in [1.165, 1.54) is 37.1 Å². The zero-order valence-corrected chi connectivity index (χ0v) is 12.6. The molecule has 4 unspecified atom stereocenters. The predicted molar refractivity (Wildman–Crippen MR) is 82.2 cm³/mol. The lowest BCUT2D eigenvalue weighted by atomic mass is 9.80. The van der Waals surface area contributed by atoms with Crippen LogP contribution in [-0.4, -0.2) is 47.8 Å². The number of ether oxygens (including phenoxy) is 1. The lowest BCUT2D eigenvalue weighted by molar-refractivity contribution is -0.0634. The van der Waals surface area contributed by atoms with Crippen LogP contribution in [0.5, 0.6) is 0 Å². The van der Waals surface area contributed by atoms with Crippen LogP contribution in [0.1, 0.15) is 42.9 Å². The monoisotopic (exact) mass is 287 g/mol. The van der Waals surface area contributed by atoms with Gasteiger partial charge in [0.05, 0.1) is 12.7 Å². The maximum Gasteiger partial charge on any atom is 0.0859 e. The number of rotatable bonds is 2. The molecule has 2 saturated heterocycles. The van der Waals surface area contributed by atoms with Gasteiger partial charge in [-0.05, 0) is 50.3 Å². The summed E-state index contributed by atoms with van der Waals surface area (Å²) in [6.07, 6.45) is 8.18. The van der Waals surface area contributed by atoms with Crippen LogP contribution in [0.25, 0.3) is 0 Å². The minimum absolute atomic E-state index is 0.0699. The molecule has 4 rings (SSSR count). The van der Waals surface area contributed by atoms with E-state index in [2.05, 4.69) is 16.0 Å². The summed E-state index contributed by atoms with van der Waals surface area (Å²) in [6, 6.07) is 4.96. The van der Waals surface area contributed by atoms with Gasteiger partial charge in [-0.25, -0.2) is 0 Å². The Morgan fingerprint density at radius 1 is 1.33 bits per heavy atom. The Balaban J connectivity index is 1.51. The van der Waals surface area contributed by atoms with Crippen molar-refractivity contribution in [3.05, 3.63) is 29.6 Å². The molecule has 2 aliphatic heterocycles. The normalized spacial score (nSPS) is 34.2. The van der Waals surface area contributed by atoms with Crippen LogP contribution < -0.4 is 5.73 Å². The van der Waals surface area contributed by atoms with E-state index in [-0.39, 0.29) is 12.1 Å². The second kappa shape index (κ2) is 5.67. The molecular formula is C17H25N3O. The zero-order chi connectivity index (χ0) is 14.2. The fourth-order valence-electron chi connectivity index (χ4n) is 4.35. The van der Waals surface area contributed by atoms with Crippen molar-refractivity contribution in [1.82, 2.24) is 9.88 Å². The standard InChI is InChI=1S/C17H25N3O/c18-16(15-10-20-9-3-6-13(20)11-21-15)14-7-1-4-12-5-2-8-19-17(12)14/h2,5,8,13-16H,1,3-4,6-7,9-11,18H2. The SMILES string of the molecule is NC(C1CN2CCCC2CO1)C1CCCc2cccnc21. The molecule has 4 nitrogen and oxygen atoms in total. The molecule has 1 aromatic rings. The summed E-state index contributed by atoms with van der Waals surface area (Å²) in [5.41, 5.74) is 9.24. The van der Waals surface area contributed by atoms with Crippen LogP contribution in [0.15, 0.2) is 18.3 Å². The molecule has 0 aromatic carbocycles. The second-order valence-electron chi connectivity index (χ2n) is 6.79. The van der Waals surface area contributed by atoms with Crippen LogP contribution in [0, 0.1) is 0 Å². The fraction of sp³-hybridized carbons (Fsp3) is 0.706. The van der Waals surface area contributed by atoms with E-state index in [1.54, 1.807) is 0 Å². The van der Waals surface area contributed by atoms with Gasteiger partial charge in [0.15, 0.2) is 0 Å². The summed E-state index contributed by atoms with van der Waals surface area (Å²) in [4.78, 5) is 7.21. The highest BCUT2D eigenvalue weighted by Crippen LogP contribution is 2.34. The quantitative estimate of drug-likeness (QED) is 0.899. The van der Waals surface area contributed by atoms with Crippen LogP contribution in [0.3, 0.4) is 0 Å². The molecule has 1 aromatic heterocycles. The maximum absolute atomic E-state index is 6.63. The van der Waals surface area contributed by atoms with Gasteiger partial charge >= 0.3 is 0 Å². The number of hydrogen-bond acceptors (Lipinski definition) is 4. The molecule has 114 valence electrons. The van der Waals surface area contributed by atoms with Crippen molar-refractivity contribution in [3.63, 3.8) is 0 Å². The molecule has 0 saturated carbocycles. The Bertz CT molecular complexity index is 507. The molecule has 1 aliphatic carbocycles. The number of hydrogen-bond donors (Lipinski definition) is 1. The molecule has 2 N–H and O–H groups in total. The Labute approximate surface area is 126 Å². The lowest BCUT2D eigenvalue weighted by Gasteiger charge is -2.41. The first kappa shape index (κ1) is 13.7. The zero-order valence-electron chi connectivity index (χ0n) is 12.6. The highest BCUT2D eigenvalue weighted by atomic mass is 16.5. The summed E-state index contributed by atoms with van der Waals surface area (Å²) in [6.45, 7) is 3.08. The molecule has 0 spiro atoms. The van der Waals surface area contributed by atoms with E-state index < -0.39 is 0 Å². The average Bonchev–Trinajstić information content (AvgIpc) is 3.01. The van der Waals surface area contributed by atoms with Crippen LogP contribution >= 0.6 is 0 Å². The topological polar surface area (TPSA) is 51.4 Å². The van der Waals surface area contributed by atoms with Crippen molar-refractivity contribution < 1.29 is 4.74 Å². The summed E-state index contributed by atoms with van der Waals surface area (Å²) in [7, 11) is 0. The number of aryl methyl sites for hydroxylation is 1. The molecular weight excluding hydrogens is 262 g/mol. The van der Waals surface area contributed by atoms with Crippen molar-refractivity contribution >= 4 is 0 Å². The van der Waals surface area contributed by atoms with Crippen LogP contribution in [0.2, 0.25) is 0 Å². The van der Waals surface area contributed by atoms with E-state index in [0.29, 0.717) is 12.0 Å². The van der Waals surface area contributed by atoms with Gasteiger partial charge < -0.3 is 10.5 Å². The van der Waals surface area contributed by atoms with Gasteiger partial charge in [0.1, 0.15) is 0 Å². The summed E-state index contributed by atoms with van der Waals surface area (Å²) < 4.78 is 6.13. The Morgan fingerprint density at radius 3 is 3.24 bits per heavy atom. The van der Waals surface area contributed by atoms with Gasteiger partial charge in [-0.2, -0.15) is 0 Å². The number of fused-ring (bicyclic) bond motifs is 2. The Kier molecular flexibility index (Phi) is 3.69. The maximum atomic E-state index is 6.63. The molecule has 3 aliphatic rings. The van der Waals surface area contributed by atoms with Gasteiger partial charge in [0, 0.05) is 36.4 Å². The predicted octanol–water partition coefficient (Wildman–Crippen LogP) is 1.69. The largest absolute Gasteiger partial charge is 0.374 e. The van der Waals surface area contributed by atoms with Gasteiger partial charge in [-0.15, -0.1) is 0 Å². The van der Waals surface area contributed by atoms with Gasteiger partial charge in [-0.3, -0.25) is 9.88 Å². The van der Waals surface area contributed by atoms with Crippen molar-refractivity contribution in [3.8, 4) is 0 Å². The van der Waals surface area contributed by atoms with E-state index >= 15 is 0 Å². The first-order valence-electron chi connectivity index (χ1n) is 8.38. The van der Waals surface area contributed by atoms with Crippen molar-refractivity contribution in [1.29, 1.82) is 0 Å². The molecule has 4 heteroatoms. The summed E-state index contributed by atoms with van der Waals surface area (Å²) in [5, 5.41) is 0. The fourth-order valence-corrected chi connectivity index (χ4v) is 4.35. The van der Waals surface area contributed by atoms with Crippen LogP contribution in [-0.2, 0) is 11.2 Å². The minimum atomic E-state index is 0.0699. The molecule has 0 bridgehead atoms. The third kappa shape index (κ3) is 2.50. The van der Waals surface area contributed by atoms with Gasteiger partial charge in [-0.1, -0.05) is 6.07 Å². The third-order valence-corrected chi connectivity index (χ3v) is 5.55. The van der Waals surface area contributed by atoms with Gasteiger partial charge in [0.25, 0.3) is 0 Å². The average molecular weight is 287 g/mol. The molecule has 4 atom stereocenters. The third-order valence-electron chi connectivity index (χ3n) is 5.55. The van der Waals surface area contributed by atoms with Crippen molar-refractivity contribution in [2.75, 3.05) is 19.7 Å². The number of aromatic nitrogens is 1. The molecule has 3 heterocycles. The van der Waals surface area contributed by atoms with Crippen molar-refractivity contribution in [2.45, 2.75) is 56.2 Å². The number of nitrogens with two attached hydrogens (primary N) is 1. The second-order valence-corrected chi connectivity index (χ2v) is 6.79.